The Labute approximate surface area is 153 Å². The highest BCUT2D eigenvalue weighted by molar-refractivity contribution is 5.83. The van der Waals surface area contributed by atoms with Gasteiger partial charge in [-0.3, -0.25) is 0 Å². The Morgan fingerprint density at radius 2 is 2.19 bits per heavy atom. The fourth-order valence-electron chi connectivity index (χ4n) is 3.14. The highest BCUT2D eigenvalue weighted by Gasteiger charge is 2.24. The van der Waals surface area contributed by atoms with Crippen molar-refractivity contribution in [3.8, 4) is 17.4 Å². The first-order valence-corrected chi connectivity index (χ1v) is 8.63. The van der Waals surface area contributed by atoms with Gasteiger partial charge < -0.3 is 19.2 Å². The Balaban J connectivity index is 1.53. The van der Waals surface area contributed by atoms with Gasteiger partial charge in [0.1, 0.15) is 30.3 Å². The van der Waals surface area contributed by atoms with Crippen molar-refractivity contribution in [2.75, 3.05) is 13.2 Å². The fourth-order valence-corrected chi connectivity index (χ4v) is 3.14. The lowest BCUT2D eigenvalue weighted by Crippen LogP contribution is -2.03. The van der Waals surface area contributed by atoms with E-state index in [9.17, 15) is 4.39 Å². The number of aryl methyl sites for hydroxylation is 2. The number of rotatable bonds is 5. The van der Waals surface area contributed by atoms with Crippen LogP contribution in [-0.2, 0) is 4.74 Å². The molecular weight excluding hydrogens is 351 g/mol. The van der Waals surface area contributed by atoms with Crippen LogP contribution in [0.25, 0.3) is 16.4 Å². The van der Waals surface area contributed by atoms with E-state index in [1.54, 1.807) is 28.9 Å². The molecule has 7 nitrogen and oxygen atoms in total. The number of hydrogen-bond donors (Lipinski definition) is 1. The first-order chi connectivity index (χ1) is 13.1. The summed E-state index contributed by atoms with van der Waals surface area (Å²) in [5.41, 5.74) is 3.07. The number of fused-ring (bicyclic) bond motifs is 2. The third-order valence-corrected chi connectivity index (χ3v) is 4.62. The van der Waals surface area contributed by atoms with Crippen LogP contribution in [0.1, 0.15) is 11.3 Å². The molecule has 8 heteroatoms. The molecule has 1 fully saturated rings. The Kier molecular flexibility index (Phi) is 3.54. The second kappa shape index (κ2) is 5.95. The SMILES string of the molecule is Cc1cc2c(F)c(Oc3ncnn4cc(OCC5CO5)c(C)c34)ccc2[nH]1. The lowest BCUT2D eigenvalue weighted by atomic mass is 10.2. The predicted octanol–water partition coefficient (Wildman–Crippen LogP) is 3.54. The van der Waals surface area contributed by atoms with Crippen molar-refractivity contribution >= 4 is 16.4 Å². The van der Waals surface area contributed by atoms with E-state index < -0.39 is 5.82 Å². The van der Waals surface area contributed by atoms with Crippen molar-refractivity contribution < 1.29 is 18.6 Å². The maximum atomic E-state index is 14.9. The van der Waals surface area contributed by atoms with Gasteiger partial charge in [0.25, 0.3) is 0 Å². The zero-order valence-corrected chi connectivity index (χ0v) is 14.8. The Hall–Kier alpha value is -3.13. The maximum absolute atomic E-state index is 14.9. The second-order valence-electron chi connectivity index (χ2n) is 6.64. The number of nitrogens with one attached hydrogen (secondary N) is 1. The third-order valence-electron chi connectivity index (χ3n) is 4.62. The summed E-state index contributed by atoms with van der Waals surface area (Å²) in [5.74, 6) is 0.621. The van der Waals surface area contributed by atoms with Gasteiger partial charge in [-0.15, -0.1) is 0 Å². The first kappa shape index (κ1) is 16.1. The zero-order chi connectivity index (χ0) is 18.5. The summed E-state index contributed by atoms with van der Waals surface area (Å²) in [6, 6.07) is 5.13. The predicted molar refractivity (Wildman–Crippen MR) is 96.0 cm³/mol. The van der Waals surface area contributed by atoms with E-state index in [0.717, 1.165) is 23.4 Å². The standard InChI is InChI=1S/C19H17FN4O3/c1-10-5-13-14(23-10)3-4-15(17(13)20)27-19-18-11(2)16(26-8-12-7-25-12)6-24(18)22-9-21-19/h3-6,9,12,23H,7-8H2,1-2H3. The summed E-state index contributed by atoms with van der Waals surface area (Å²) in [4.78, 5) is 7.31. The third kappa shape index (κ3) is 2.78. The van der Waals surface area contributed by atoms with E-state index in [1.807, 2.05) is 13.8 Å². The summed E-state index contributed by atoms with van der Waals surface area (Å²) in [6.45, 7) is 4.98. The van der Waals surface area contributed by atoms with Gasteiger partial charge in [-0.1, -0.05) is 0 Å². The van der Waals surface area contributed by atoms with Gasteiger partial charge in [0.2, 0.25) is 5.88 Å². The second-order valence-corrected chi connectivity index (χ2v) is 6.64. The molecule has 0 bridgehead atoms. The van der Waals surface area contributed by atoms with E-state index in [1.165, 1.54) is 6.33 Å². The number of epoxide rings is 1. The Bertz CT molecular complexity index is 1160. The highest BCUT2D eigenvalue weighted by atomic mass is 19.1. The molecule has 0 radical (unpaired) electrons. The maximum Gasteiger partial charge on any atom is 0.247 e. The minimum Gasteiger partial charge on any atom is -0.489 e. The minimum atomic E-state index is -0.430. The van der Waals surface area contributed by atoms with Crippen LogP contribution >= 0.6 is 0 Å². The van der Waals surface area contributed by atoms with Gasteiger partial charge in [-0.2, -0.15) is 10.1 Å². The molecule has 1 N–H and O–H groups in total. The van der Waals surface area contributed by atoms with Gasteiger partial charge in [0.05, 0.1) is 12.8 Å². The summed E-state index contributed by atoms with van der Waals surface area (Å²) in [7, 11) is 0. The highest BCUT2D eigenvalue weighted by Crippen LogP contribution is 2.34. The molecule has 1 aliphatic heterocycles. The molecule has 4 aromatic rings. The van der Waals surface area contributed by atoms with E-state index >= 15 is 0 Å². The van der Waals surface area contributed by atoms with E-state index in [0.29, 0.717) is 23.3 Å². The molecule has 0 amide bonds. The van der Waals surface area contributed by atoms with Crippen LogP contribution in [0.2, 0.25) is 0 Å². The summed E-state index contributed by atoms with van der Waals surface area (Å²) in [5, 5.41) is 4.68. The van der Waals surface area contributed by atoms with Crippen LogP contribution in [0.15, 0.2) is 30.7 Å². The lowest BCUT2D eigenvalue weighted by Gasteiger charge is -2.08. The number of aromatic nitrogens is 4. The number of halogens is 1. The molecule has 0 aliphatic carbocycles. The molecule has 1 saturated heterocycles. The summed E-state index contributed by atoms with van der Waals surface area (Å²) in [6.07, 6.45) is 3.28. The molecule has 1 unspecified atom stereocenters. The summed E-state index contributed by atoms with van der Waals surface area (Å²) >= 11 is 0. The van der Waals surface area contributed by atoms with Crippen LogP contribution in [-0.4, -0.2) is 38.9 Å². The van der Waals surface area contributed by atoms with Crippen molar-refractivity contribution in [1.82, 2.24) is 19.6 Å². The monoisotopic (exact) mass is 368 g/mol. The van der Waals surface area contributed by atoms with Gasteiger partial charge in [0, 0.05) is 22.2 Å². The van der Waals surface area contributed by atoms with Gasteiger partial charge in [-0.05, 0) is 32.0 Å². The Morgan fingerprint density at radius 1 is 1.33 bits per heavy atom. The van der Waals surface area contributed by atoms with Crippen LogP contribution < -0.4 is 9.47 Å². The van der Waals surface area contributed by atoms with Crippen molar-refractivity contribution in [1.29, 1.82) is 0 Å². The molecule has 27 heavy (non-hydrogen) atoms. The van der Waals surface area contributed by atoms with E-state index in [4.69, 9.17) is 14.2 Å². The smallest absolute Gasteiger partial charge is 0.247 e. The van der Waals surface area contributed by atoms with Gasteiger partial charge >= 0.3 is 0 Å². The van der Waals surface area contributed by atoms with Gasteiger partial charge in [0.15, 0.2) is 11.6 Å². The number of hydrogen-bond acceptors (Lipinski definition) is 5. The quantitative estimate of drug-likeness (QED) is 0.545. The zero-order valence-electron chi connectivity index (χ0n) is 14.8. The number of nitrogens with zero attached hydrogens (tertiary/aromatic N) is 3. The number of H-pyrrole nitrogens is 1. The lowest BCUT2D eigenvalue weighted by molar-refractivity contribution is 0.262. The first-order valence-electron chi connectivity index (χ1n) is 8.63. The molecule has 1 aliphatic rings. The van der Waals surface area contributed by atoms with Gasteiger partial charge in [-0.25, -0.2) is 8.91 Å². The molecule has 5 rings (SSSR count). The fraction of sp³-hybridized carbons (Fsp3) is 0.263. The Morgan fingerprint density at radius 3 is 3.00 bits per heavy atom. The molecule has 4 heterocycles. The summed E-state index contributed by atoms with van der Waals surface area (Å²) < 4.78 is 33.3. The molecule has 138 valence electrons. The average molecular weight is 368 g/mol. The number of benzene rings is 1. The molecular formula is C19H17FN4O3. The molecule has 0 spiro atoms. The van der Waals surface area contributed by atoms with Crippen LogP contribution in [0.5, 0.6) is 17.4 Å². The topological polar surface area (TPSA) is 77.0 Å². The van der Waals surface area contributed by atoms with Crippen molar-refractivity contribution in [3.63, 3.8) is 0 Å². The normalized spacial score (nSPS) is 16.2. The van der Waals surface area contributed by atoms with E-state index in [-0.39, 0.29) is 17.7 Å². The molecule has 0 saturated carbocycles. The number of aromatic amines is 1. The molecule has 1 aromatic carbocycles. The van der Waals surface area contributed by atoms with Crippen LogP contribution in [0, 0.1) is 19.7 Å². The molecule has 3 aromatic heterocycles. The van der Waals surface area contributed by atoms with Crippen molar-refractivity contribution in [3.05, 3.63) is 47.8 Å². The largest absolute Gasteiger partial charge is 0.489 e. The molecule has 1 atom stereocenters. The minimum absolute atomic E-state index is 0.108. The van der Waals surface area contributed by atoms with E-state index in [2.05, 4.69) is 15.1 Å². The van der Waals surface area contributed by atoms with Crippen molar-refractivity contribution in [2.24, 2.45) is 0 Å². The average Bonchev–Trinajstić information content (AvgIpc) is 3.32. The van der Waals surface area contributed by atoms with Crippen LogP contribution in [0.4, 0.5) is 4.39 Å². The van der Waals surface area contributed by atoms with Crippen molar-refractivity contribution in [2.45, 2.75) is 20.0 Å². The van der Waals surface area contributed by atoms with Crippen LogP contribution in [0.3, 0.4) is 0 Å². The number of ether oxygens (including phenoxy) is 3.